The Morgan fingerprint density at radius 3 is 2.05 bits per heavy atom. The molecule has 6 fully saturated rings. The van der Waals surface area contributed by atoms with Gasteiger partial charge in [0.2, 0.25) is 0 Å². The van der Waals surface area contributed by atoms with Crippen molar-refractivity contribution >= 4 is 5.78 Å². The predicted molar refractivity (Wildman–Crippen MR) is 201 cm³/mol. The summed E-state index contributed by atoms with van der Waals surface area (Å²) in [5.41, 5.74) is -3.64. The number of rotatable bonds is 7. The summed E-state index contributed by atoms with van der Waals surface area (Å²) >= 11 is 0. The van der Waals surface area contributed by atoms with Gasteiger partial charge in [-0.3, -0.25) is 4.79 Å². The maximum absolute atomic E-state index is 14.4. The van der Waals surface area contributed by atoms with Crippen LogP contribution in [0.25, 0.3) is 0 Å². The summed E-state index contributed by atoms with van der Waals surface area (Å²) in [6.07, 6.45) is -12.1. The second-order valence-corrected chi connectivity index (χ2v) is 20.6. The average molecular weight is 813 g/mol. The highest BCUT2D eigenvalue weighted by Crippen LogP contribution is 2.75. The van der Waals surface area contributed by atoms with Gasteiger partial charge in [-0.15, -0.1) is 0 Å². The number of carbonyl (C=O) groups is 1. The first-order valence-electron chi connectivity index (χ1n) is 21.0. The third-order valence-electron chi connectivity index (χ3n) is 17.3. The molecule has 57 heavy (non-hydrogen) atoms. The maximum Gasteiger partial charge on any atom is 0.187 e. The van der Waals surface area contributed by atoms with Crippen LogP contribution >= 0.6 is 0 Å². The van der Waals surface area contributed by atoms with Gasteiger partial charge in [-0.1, -0.05) is 53.2 Å². The van der Waals surface area contributed by atoms with Crippen molar-refractivity contribution in [1.82, 2.24) is 0 Å². The fourth-order valence-electron chi connectivity index (χ4n) is 13.7. The molecule has 0 amide bonds. The molecule has 2 saturated heterocycles. The monoisotopic (exact) mass is 812 g/mol. The topological polar surface area (TPSA) is 256 Å². The minimum Gasteiger partial charge on any atom is -0.396 e. The van der Waals surface area contributed by atoms with Crippen molar-refractivity contribution in [3.05, 3.63) is 11.6 Å². The first-order valence-corrected chi connectivity index (χ1v) is 21.0. The molecule has 0 aromatic heterocycles. The molecule has 21 atom stereocenters. The van der Waals surface area contributed by atoms with E-state index in [2.05, 4.69) is 27.7 Å². The molecule has 0 aromatic rings. The Morgan fingerprint density at radius 1 is 0.754 bits per heavy atom. The molecule has 10 N–H and O–H groups in total. The van der Waals surface area contributed by atoms with E-state index in [9.17, 15) is 55.9 Å². The molecule has 326 valence electrons. The van der Waals surface area contributed by atoms with Gasteiger partial charge in [0, 0.05) is 16.7 Å². The Morgan fingerprint density at radius 2 is 1.42 bits per heavy atom. The fourth-order valence-corrected chi connectivity index (χ4v) is 13.7. The average Bonchev–Trinajstić information content (AvgIpc) is 3.16. The van der Waals surface area contributed by atoms with Crippen molar-refractivity contribution in [2.45, 2.75) is 173 Å². The zero-order valence-electron chi connectivity index (χ0n) is 34.4. The third kappa shape index (κ3) is 6.15. The molecule has 4 saturated carbocycles. The maximum atomic E-state index is 14.4. The van der Waals surface area contributed by atoms with Crippen LogP contribution in [0.4, 0.5) is 0 Å². The van der Waals surface area contributed by atoms with Gasteiger partial charge in [-0.2, -0.15) is 0 Å². The van der Waals surface area contributed by atoms with Crippen LogP contribution in [0.1, 0.15) is 93.4 Å². The van der Waals surface area contributed by atoms with Gasteiger partial charge in [-0.25, -0.2) is 0 Å². The number of hydrogen-bond acceptors (Lipinski definition) is 15. The Balaban J connectivity index is 1.17. The van der Waals surface area contributed by atoms with Crippen LogP contribution in [0.2, 0.25) is 0 Å². The molecule has 7 aliphatic rings. The third-order valence-corrected chi connectivity index (χ3v) is 17.3. The highest BCUT2D eigenvalue weighted by molar-refractivity contribution is 5.93. The van der Waals surface area contributed by atoms with Crippen molar-refractivity contribution in [1.29, 1.82) is 0 Å². The summed E-state index contributed by atoms with van der Waals surface area (Å²) in [5, 5.41) is 110. The highest BCUT2D eigenvalue weighted by atomic mass is 16.7. The van der Waals surface area contributed by atoms with Crippen LogP contribution in [0, 0.1) is 50.2 Å². The standard InChI is InChI=1S/C42H68O15/c1-19-26(47)31(57-35-29(50)28(49)27(48)23(16-43)55-35)30(51)36(54-19)56-25-9-10-38(4)24(39(25,5)17-44)8-11-40(6)32(38)22(46)14-20-21-15-37(2,3)12-13-42(21,18-45)34(53)33(52)41(20,40)7/h14,19,21-33,35-36,43-52H,8-13,15-18H2,1-7H3/t19-,21+,22-,23?,24-,25+,26+,27?,28?,29?,30?,31+,32?,33+,35?,36?,38+,39+,40-,41+,42-/m1/s1. The van der Waals surface area contributed by atoms with Crippen LogP contribution in [-0.4, -0.2) is 156 Å². The summed E-state index contributed by atoms with van der Waals surface area (Å²) in [7, 11) is 0. The molecule has 0 bridgehead atoms. The lowest BCUT2D eigenvalue weighted by atomic mass is 9.32. The Hall–Kier alpha value is -1.15. The minimum atomic E-state index is -1.77. The van der Waals surface area contributed by atoms with Gasteiger partial charge in [-0.05, 0) is 80.0 Å². The predicted octanol–water partition coefficient (Wildman–Crippen LogP) is -0.0897. The Bertz CT molecular complexity index is 1560. The lowest BCUT2D eigenvalue weighted by Gasteiger charge is -2.72. The molecule has 2 heterocycles. The number of aliphatic hydroxyl groups is 10. The molecule has 5 aliphatic carbocycles. The number of carbonyl (C=O) groups excluding carboxylic acids is 1. The van der Waals surface area contributed by atoms with E-state index >= 15 is 0 Å². The van der Waals surface area contributed by atoms with E-state index in [1.807, 2.05) is 19.9 Å². The first kappa shape index (κ1) is 43.9. The van der Waals surface area contributed by atoms with Gasteiger partial charge in [0.25, 0.3) is 0 Å². The summed E-state index contributed by atoms with van der Waals surface area (Å²) in [6.45, 7) is 12.7. The fraction of sp³-hybridized carbons (Fsp3) is 0.929. The van der Waals surface area contributed by atoms with Crippen molar-refractivity contribution in [2.75, 3.05) is 19.8 Å². The molecular formula is C42H68O15. The van der Waals surface area contributed by atoms with Crippen molar-refractivity contribution in [3.8, 4) is 0 Å². The lowest BCUT2D eigenvalue weighted by molar-refractivity contribution is -0.368. The van der Waals surface area contributed by atoms with Crippen molar-refractivity contribution < 1.29 is 74.8 Å². The van der Waals surface area contributed by atoms with E-state index in [4.69, 9.17) is 18.9 Å². The van der Waals surface area contributed by atoms with Crippen molar-refractivity contribution in [3.63, 3.8) is 0 Å². The summed E-state index contributed by atoms with van der Waals surface area (Å²) in [5.74, 6) is -1.29. The van der Waals surface area contributed by atoms with Crippen LogP contribution < -0.4 is 0 Å². The van der Waals surface area contributed by atoms with Crippen LogP contribution in [-0.2, 0) is 23.7 Å². The number of fused-ring (bicyclic) bond motifs is 7. The zero-order valence-corrected chi connectivity index (χ0v) is 34.4. The number of ketones is 1. The normalized spacial score (nSPS) is 56.2. The Kier molecular flexibility index (Phi) is 11.4. The Labute approximate surface area is 335 Å². The van der Waals surface area contributed by atoms with E-state index < -0.39 is 119 Å². The largest absolute Gasteiger partial charge is 0.396 e. The van der Waals surface area contributed by atoms with Crippen LogP contribution in [0.5, 0.6) is 0 Å². The number of hydrogen-bond donors (Lipinski definition) is 10. The van der Waals surface area contributed by atoms with Gasteiger partial charge < -0.3 is 70.0 Å². The highest BCUT2D eigenvalue weighted by Gasteiger charge is 2.74. The van der Waals surface area contributed by atoms with Gasteiger partial charge in [0.15, 0.2) is 18.4 Å². The van der Waals surface area contributed by atoms with Crippen LogP contribution in [0.15, 0.2) is 11.6 Å². The molecule has 15 heteroatoms. The zero-order chi connectivity index (χ0) is 42.0. The van der Waals surface area contributed by atoms with E-state index in [0.717, 1.165) is 12.0 Å². The molecule has 7 rings (SSSR count). The van der Waals surface area contributed by atoms with E-state index in [1.54, 1.807) is 6.92 Å². The molecule has 0 aromatic carbocycles. The van der Waals surface area contributed by atoms with E-state index in [-0.39, 0.29) is 36.2 Å². The molecule has 2 aliphatic heterocycles. The number of aliphatic hydroxyl groups excluding tert-OH is 10. The SMILES string of the molecule is C[C@H]1OC(O[C@H]2CC[C@]3(C)C4[C@H](O)C=C5[C@@H]6CC(C)(C)CC[C@]6(CO)C(=O)[C@H](O)[C@@]5(C)[C@]4(C)CC[C@H]3[C@]2(C)CO)C(O)[C@@H](OC2OC(CO)C(O)C(O)C2O)[C@H]1O. The number of ether oxygens (including phenoxy) is 4. The summed E-state index contributed by atoms with van der Waals surface area (Å²) in [6, 6.07) is 0. The lowest BCUT2D eigenvalue weighted by Crippen LogP contribution is -2.73. The molecule has 8 unspecified atom stereocenters. The second-order valence-electron chi connectivity index (χ2n) is 20.6. The summed E-state index contributed by atoms with van der Waals surface area (Å²) in [4.78, 5) is 14.4. The minimum absolute atomic E-state index is 0.0983. The summed E-state index contributed by atoms with van der Waals surface area (Å²) < 4.78 is 23.9. The van der Waals surface area contributed by atoms with Gasteiger partial charge >= 0.3 is 0 Å². The molecule has 0 spiro atoms. The van der Waals surface area contributed by atoms with Crippen molar-refractivity contribution in [2.24, 2.45) is 50.2 Å². The van der Waals surface area contributed by atoms with Crippen LogP contribution in [0.3, 0.4) is 0 Å². The smallest absolute Gasteiger partial charge is 0.187 e. The quantitative estimate of drug-likeness (QED) is 0.119. The first-order chi connectivity index (χ1) is 26.5. The molecule has 0 radical (unpaired) electrons. The second kappa shape index (κ2) is 14.7. The van der Waals surface area contributed by atoms with E-state index in [0.29, 0.717) is 38.5 Å². The van der Waals surface area contributed by atoms with Gasteiger partial charge in [0.1, 0.15) is 48.8 Å². The van der Waals surface area contributed by atoms with E-state index in [1.165, 1.54) is 0 Å². The number of Topliss-reactive ketones (excluding diaryl/α,β-unsaturated/α-hetero) is 1. The molecule has 15 nitrogen and oxygen atoms in total. The van der Waals surface area contributed by atoms with Gasteiger partial charge in [0.05, 0.1) is 43.5 Å². The molecular weight excluding hydrogens is 744 g/mol.